The third-order valence-corrected chi connectivity index (χ3v) is 6.08. The normalized spacial score (nSPS) is 15.5. The van der Waals surface area contributed by atoms with Crippen molar-refractivity contribution in [3.8, 4) is 0 Å². The molecule has 0 amide bonds. The maximum absolute atomic E-state index is 7.00. The van der Waals surface area contributed by atoms with Crippen molar-refractivity contribution in [3.63, 3.8) is 0 Å². The second kappa shape index (κ2) is 12.3. The highest BCUT2D eigenvalue weighted by Gasteiger charge is 2.26. The second-order valence-electron chi connectivity index (χ2n) is 8.16. The highest BCUT2D eigenvalue weighted by Crippen LogP contribution is 2.34. The SMILES string of the molecule is CC.CO.Cc1ccc(C(C)C)cc1N1CCc2nc(Cl)nc(N3CCCCC3)c2C1. The van der Waals surface area contributed by atoms with Crippen molar-refractivity contribution in [2.75, 3.05) is 36.5 Å². The Morgan fingerprint density at radius 3 is 2.29 bits per heavy atom. The Hall–Kier alpha value is -1.85. The van der Waals surface area contributed by atoms with Crippen LogP contribution in [0.5, 0.6) is 0 Å². The quantitative estimate of drug-likeness (QED) is 0.608. The van der Waals surface area contributed by atoms with Gasteiger partial charge in [-0.25, -0.2) is 9.97 Å². The molecule has 0 saturated carbocycles. The number of fused-ring (bicyclic) bond motifs is 1. The van der Waals surface area contributed by atoms with Gasteiger partial charge in [0.25, 0.3) is 0 Å². The number of benzene rings is 1. The van der Waals surface area contributed by atoms with E-state index in [0.29, 0.717) is 11.2 Å². The van der Waals surface area contributed by atoms with Crippen molar-refractivity contribution in [3.05, 3.63) is 45.9 Å². The van der Waals surface area contributed by atoms with Gasteiger partial charge in [0, 0.05) is 51.0 Å². The Morgan fingerprint density at radius 1 is 0.968 bits per heavy atom. The molecule has 0 spiro atoms. The molecule has 1 aromatic carbocycles. The first-order chi connectivity index (χ1) is 15.0. The molecule has 0 bridgehead atoms. The van der Waals surface area contributed by atoms with E-state index in [9.17, 15) is 0 Å². The first-order valence-corrected chi connectivity index (χ1v) is 12.0. The number of aryl methyl sites for hydroxylation is 1. The summed E-state index contributed by atoms with van der Waals surface area (Å²) in [7, 11) is 1.00. The van der Waals surface area contributed by atoms with E-state index in [0.717, 1.165) is 51.2 Å². The van der Waals surface area contributed by atoms with Crippen molar-refractivity contribution in [2.45, 2.75) is 72.8 Å². The minimum atomic E-state index is 0.390. The average Bonchev–Trinajstić information content (AvgIpc) is 2.81. The fourth-order valence-corrected chi connectivity index (χ4v) is 4.45. The molecule has 0 radical (unpaired) electrons. The summed E-state index contributed by atoms with van der Waals surface area (Å²) >= 11 is 6.27. The molecule has 0 aliphatic carbocycles. The van der Waals surface area contributed by atoms with Gasteiger partial charge >= 0.3 is 0 Å². The van der Waals surface area contributed by atoms with Gasteiger partial charge in [0.05, 0.1) is 5.69 Å². The van der Waals surface area contributed by atoms with E-state index in [1.807, 2.05) is 13.8 Å². The molecule has 31 heavy (non-hydrogen) atoms. The number of aliphatic hydroxyl groups excluding tert-OH is 1. The zero-order valence-electron chi connectivity index (χ0n) is 20.1. The Balaban J connectivity index is 0.000000807. The average molecular weight is 447 g/mol. The standard InChI is InChI=1S/C22H29ClN4.C2H6.CH4O/c1-15(2)17-8-7-16(3)20(13-17)27-12-9-19-18(14-27)21(25-22(23)24-19)26-10-5-4-6-11-26;2*1-2/h7-8,13,15H,4-6,9-12,14H2,1-3H3;1-2H3;2H,1H3. The molecular formula is C25H39ClN4O. The number of aromatic nitrogens is 2. The largest absolute Gasteiger partial charge is 0.400 e. The minimum Gasteiger partial charge on any atom is -0.400 e. The van der Waals surface area contributed by atoms with Gasteiger partial charge in [0.15, 0.2) is 0 Å². The number of rotatable bonds is 3. The van der Waals surface area contributed by atoms with Crippen LogP contribution in [0.15, 0.2) is 18.2 Å². The molecule has 5 nitrogen and oxygen atoms in total. The number of anilines is 2. The summed E-state index contributed by atoms with van der Waals surface area (Å²) < 4.78 is 0. The first kappa shape index (κ1) is 25.4. The predicted molar refractivity (Wildman–Crippen MR) is 133 cm³/mol. The molecule has 0 atom stereocenters. The van der Waals surface area contributed by atoms with Crippen molar-refractivity contribution in [1.29, 1.82) is 0 Å². The van der Waals surface area contributed by atoms with E-state index >= 15 is 0 Å². The summed E-state index contributed by atoms with van der Waals surface area (Å²) in [6.07, 6.45) is 4.69. The summed E-state index contributed by atoms with van der Waals surface area (Å²) in [5, 5.41) is 7.39. The van der Waals surface area contributed by atoms with Crippen molar-refractivity contribution >= 4 is 23.1 Å². The van der Waals surface area contributed by atoms with Gasteiger partial charge in [-0.1, -0.05) is 39.8 Å². The van der Waals surface area contributed by atoms with Crippen LogP contribution in [0.4, 0.5) is 11.5 Å². The zero-order valence-corrected chi connectivity index (χ0v) is 20.8. The van der Waals surface area contributed by atoms with E-state index in [1.165, 1.54) is 41.6 Å². The van der Waals surface area contributed by atoms with E-state index in [1.54, 1.807) is 0 Å². The van der Waals surface area contributed by atoms with E-state index in [4.69, 9.17) is 16.7 Å². The van der Waals surface area contributed by atoms with E-state index in [2.05, 4.69) is 58.7 Å². The number of aliphatic hydroxyl groups is 1. The molecular weight excluding hydrogens is 408 g/mol. The van der Waals surface area contributed by atoms with Gasteiger partial charge < -0.3 is 14.9 Å². The number of halogens is 1. The molecule has 2 aliphatic rings. The molecule has 1 fully saturated rings. The van der Waals surface area contributed by atoms with Crippen LogP contribution >= 0.6 is 11.6 Å². The molecule has 172 valence electrons. The van der Waals surface area contributed by atoms with Gasteiger partial charge in [-0.15, -0.1) is 0 Å². The monoisotopic (exact) mass is 446 g/mol. The molecule has 2 aliphatic heterocycles. The van der Waals surface area contributed by atoms with Crippen molar-refractivity contribution in [2.24, 2.45) is 0 Å². The molecule has 1 saturated heterocycles. The van der Waals surface area contributed by atoms with Crippen molar-refractivity contribution in [1.82, 2.24) is 9.97 Å². The van der Waals surface area contributed by atoms with E-state index in [-0.39, 0.29) is 0 Å². The van der Waals surface area contributed by atoms with Gasteiger partial charge in [-0.05, 0) is 60.9 Å². The summed E-state index contributed by atoms with van der Waals surface area (Å²) in [5.41, 5.74) is 6.46. The molecule has 3 heterocycles. The van der Waals surface area contributed by atoms with Crippen LogP contribution in [0.25, 0.3) is 0 Å². The van der Waals surface area contributed by atoms with Gasteiger partial charge in [0.1, 0.15) is 5.82 Å². The van der Waals surface area contributed by atoms with Crippen LogP contribution in [0.2, 0.25) is 5.28 Å². The maximum atomic E-state index is 7.00. The number of piperidine rings is 1. The first-order valence-electron chi connectivity index (χ1n) is 11.6. The predicted octanol–water partition coefficient (Wildman–Crippen LogP) is 5.75. The summed E-state index contributed by atoms with van der Waals surface area (Å²) in [6.45, 7) is 14.7. The topological polar surface area (TPSA) is 52.5 Å². The van der Waals surface area contributed by atoms with Crippen LogP contribution in [0, 0.1) is 6.92 Å². The minimum absolute atomic E-state index is 0.390. The number of hydrogen-bond donors (Lipinski definition) is 1. The Kier molecular flexibility index (Phi) is 10.0. The Morgan fingerprint density at radius 2 is 1.65 bits per heavy atom. The Labute approximate surface area is 193 Å². The van der Waals surface area contributed by atoms with Crippen LogP contribution in [-0.2, 0) is 13.0 Å². The van der Waals surface area contributed by atoms with Crippen LogP contribution in [0.1, 0.15) is 75.3 Å². The van der Waals surface area contributed by atoms with Crippen LogP contribution in [0.3, 0.4) is 0 Å². The summed E-state index contributed by atoms with van der Waals surface area (Å²) in [4.78, 5) is 14.1. The lowest BCUT2D eigenvalue weighted by atomic mass is 9.98. The third kappa shape index (κ3) is 6.11. The molecule has 6 heteroatoms. The smallest absolute Gasteiger partial charge is 0.224 e. The summed E-state index contributed by atoms with van der Waals surface area (Å²) in [5.74, 6) is 1.60. The number of hydrogen-bond acceptors (Lipinski definition) is 5. The number of nitrogens with zero attached hydrogens (tertiary/aromatic N) is 4. The zero-order chi connectivity index (χ0) is 23.0. The fraction of sp³-hybridized carbons (Fsp3) is 0.600. The van der Waals surface area contributed by atoms with Gasteiger partial charge in [-0.2, -0.15) is 0 Å². The lowest BCUT2D eigenvalue weighted by molar-refractivity contribution is 0.399. The molecule has 1 aromatic heterocycles. The molecule has 1 N–H and O–H groups in total. The van der Waals surface area contributed by atoms with Gasteiger partial charge in [-0.3, -0.25) is 0 Å². The highest BCUT2D eigenvalue weighted by atomic mass is 35.5. The lowest BCUT2D eigenvalue weighted by Gasteiger charge is -2.36. The molecule has 4 rings (SSSR count). The van der Waals surface area contributed by atoms with Gasteiger partial charge in [0.2, 0.25) is 5.28 Å². The fourth-order valence-electron chi connectivity index (χ4n) is 4.27. The maximum Gasteiger partial charge on any atom is 0.224 e. The molecule has 2 aromatic rings. The molecule has 0 unspecified atom stereocenters. The second-order valence-corrected chi connectivity index (χ2v) is 8.50. The van der Waals surface area contributed by atoms with E-state index < -0.39 is 0 Å². The summed E-state index contributed by atoms with van der Waals surface area (Å²) in [6, 6.07) is 6.87. The Bertz CT molecular complexity index is 835. The lowest BCUT2D eigenvalue weighted by Crippen LogP contribution is -2.36. The van der Waals surface area contributed by atoms with Crippen molar-refractivity contribution < 1.29 is 5.11 Å². The highest BCUT2D eigenvalue weighted by molar-refractivity contribution is 6.28. The van der Waals surface area contributed by atoms with Crippen LogP contribution < -0.4 is 9.80 Å². The third-order valence-electron chi connectivity index (χ3n) is 5.91. The van der Waals surface area contributed by atoms with Crippen LogP contribution in [-0.4, -0.2) is 41.8 Å².